The number of hydrogen-bond acceptors (Lipinski definition) is 5. The van der Waals surface area contributed by atoms with Crippen LogP contribution in [0.5, 0.6) is 0 Å². The van der Waals surface area contributed by atoms with Gasteiger partial charge in [0.05, 0.1) is 13.2 Å². The highest BCUT2D eigenvalue weighted by molar-refractivity contribution is 7.15. The zero-order chi connectivity index (χ0) is 10.5. The molecule has 15 heavy (non-hydrogen) atoms. The molecule has 4 nitrogen and oxygen atoms in total. The lowest BCUT2D eigenvalue weighted by molar-refractivity contribution is 0.122. The van der Waals surface area contributed by atoms with Gasteiger partial charge in [-0.05, 0) is 20.0 Å². The van der Waals surface area contributed by atoms with E-state index >= 15 is 0 Å². The molecule has 2 rings (SSSR count). The van der Waals surface area contributed by atoms with Gasteiger partial charge in [0, 0.05) is 24.2 Å². The Bertz CT molecular complexity index is 297. The molecule has 0 radical (unpaired) electrons. The maximum Gasteiger partial charge on any atom is 0.185 e. The number of ether oxygens (including phenoxy) is 1. The minimum absolute atomic E-state index is 0.825. The lowest BCUT2D eigenvalue weighted by Crippen LogP contribution is -2.36. The molecule has 1 aromatic heterocycles. The van der Waals surface area contributed by atoms with Gasteiger partial charge in [-0.1, -0.05) is 0 Å². The predicted octanol–water partition coefficient (Wildman–Crippen LogP) is 0.742. The molecule has 5 heteroatoms. The second-order valence-electron chi connectivity index (χ2n) is 3.56. The average molecular weight is 227 g/mol. The van der Waals surface area contributed by atoms with Gasteiger partial charge in [-0.3, -0.25) is 0 Å². The molecule has 1 N–H and O–H groups in total. The highest BCUT2D eigenvalue weighted by Gasteiger charge is 2.14. The monoisotopic (exact) mass is 227 g/mol. The Morgan fingerprint density at radius 3 is 3.07 bits per heavy atom. The van der Waals surface area contributed by atoms with E-state index in [1.54, 1.807) is 11.3 Å². The van der Waals surface area contributed by atoms with Gasteiger partial charge >= 0.3 is 0 Å². The van der Waals surface area contributed by atoms with Crippen molar-refractivity contribution in [2.75, 3.05) is 44.8 Å². The predicted molar refractivity (Wildman–Crippen MR) is 62.8 cm³/mol. The number of nitrogens with zero attached hydrogens (tertiary/aromatic N) is 2. The fraction of sp³-hybridized carbons (Fsp3) is 0.700. The molecule has 0 amide bonds. The molecular formula is C10H17N3OS. The molecule has 1 fully saturated rings. The van der Waals surface area contributed by atoms with E-state index in [4.69, 9.17) is 4.74 Å². The largest absolute Gasteiger partial charge is 0.378 e. The highest BCUT2D eigenvalue weighted by Crippen LogP contribution is 2.23. The Morgan fingerprint density at radius 1 is 1.53 bits per heavy atom. The standard InChI is InChI=1S/C10H17N3OS/c1-11-3-2-9-8-12-10(15-9)13-4-6-14-7-5-13/h8,11H,2-7H2,1H3. The fourth-order valence-corrected chi connectivity index (χ4v) is 2.52. The summed E-state index contributed by atoms with van der Waals surface area (Å²) >= 11 is 1.80. The smallest absolute Gasteiger partial charge is 0.185 e. The summed E-state index contributed by atoms with van der Waals surface area (Å²) in [6.45, 7) is 4.61. The third-order valence-electron chi connectivity index (χ3n) is 2.44. The van der Waals surface area contributed by atoms with Crippen LogP contribution in [0, 0.1) is 0 Å². The van der Waals surface area contributed by atoms with Crippen LogP contribution in [0.3, 0.4) is 0 Å². The maximum atomic E-state index is 5.32. The van der Waals surface area contributed by atoms with Crippen LogP contribution in [-0.2, 0) is 11.2 Å². The molecule has 0 aromatic carbocycles. The number of nitrogens with one attached hydrogen (secondary N) is 1. The van der Waals surface area contributed by atoms with Crippen molar-refractivity contribution in [3.05, 3.63) is 11.1 Å². The normalized spacial score (nSPS) is 17.0. The highest BCUT2D eigenvalue weighted by atomic mass is 32.1. The summed E-state index contributed by atoms with van der Waals surface area (Å²) in [4.78, 5) is 8.11. The van der Waals surface area contributed by atoms with Crippen molar-refractivity contribution in [2.24, 2.45) is 0 Å². The van der Waals surface area contributed by atoms with Crippen LogP contribution >= 0.6 is 11.3 Å². The van der Waals surface area contributed by atoms with Crippen LogP contribution in [0.25, 0.3) is 0 Å². The van der Waals surface area contributed by atoms with Crippen molar-refractivity contribution in [3.63, 3.8) is 0 Å². The number of rotatable bonds is 4. The molecular weight excluding hydrogens is 210 g/mol. The molecule has 0 aliphatic carbocycles. The molecule has 1 saturated heterocycles. The van der Waals surface area contributed by atoms with Crippen molar-refractivity contribution in [3.8, 4) is 0 Å². The molecule has 0 bridgehead atoms. The molecule has 0 unspecified atom stereocenters. The molecule has 1 aliphatic heterocycles. The Balaban J connectivity index is 1.93. The summed E-state index contributed by atoms with van der Waals surface area (Å²) in [5.74, 6) is 0. The zero-order valence-corrected chi connectivity index (χ0v) is 9.85. The van der Waals surface area contributed by atoms with E-state index < -0.39 is 0 Å². The lowest BCUT2D eigenvalue weighted by Gasteiger charge is -2.25. The second kappa shape index (κ2) is 5.44. The van der Waals surface area contributed by atoms with Gasteiger partial charge in [0.25, 0.3) is 0 Å². The molecule has 0 atom stereocenters. The van der Waals surface area contributed by atoms with E-state index in [-0.39, 0.29) is 0 Å². The summed E-state index contributed by atoms with van der Waals surface area (Å²) in [6.07, 6.45) is 3.06. The molecule has 1 aromatic rings. The van der Waals surface area contributed by atoms with Gasteiger partial charge in [0.2, 0.25) is 0 Å². The van der Waals surface area contributed by atoms with Crippen LogP contribution in [0.15, 0.2) is 6.20 Å². The molecule has 1 aliphatic rings. The van der Waals surface area contributed by atoms with Crippen molar-refractivity contribution in [1.29, 1.82) is 0 Å². The summed E-state index contributed by atoms with van der Waals surface area (Å²) in [5.41, 5.74) is 0. The Kier molecular flexibility index (Phi) is 3.94. The van der Waals surface area contributed by atoms with E-state index in [1.165, 1.54) is 4.88 Å². The molecule has 84 valence electrons. The van der Waals surface area contributed by atoms with Crippen molar-refractivity contribution >= 4 is 16.5 Å². The first-order chi connectivity index (χ1) is 7.40. The summed E-state index contributed by atoms with van der Waals surface area (Å²) in [5, 5.41) is 4.29. The number of anilines is 1. The SMILES string of the molecule is CNCCc1cnc(N2CCOCC2)s1. The van der Waals surface area contributed by atoms with Crippen LogP contribution < -0.4 is 10.2 Å². The van der Waals surface area contributed by atoms with Gasteiger partial charge in [-0.25, -0.2) is 4.98 Å². The fourth-order valence-electron chi connectivity index (χ4n) is 1.56. The quantitative estimate of drug-likeness (QED) is 0.823. The van der Waals surface area contributed by atoms with Crippen LogP contribution in [0.2, 0.25) is 0 Å². The van der Waals surface area contributed by atoms with E-state index in [2.05, 4.69) is 15.2 Å². The van der Waals surface area contributed by atoms with Crippen LogP contribution in [-0.4, -0.2) is 44.9 Å². The first-order valence-electron chi connectivity index (χ1n) is 5.32. The van der Waals surface area contributed by atoms with Gasteiger partial charge in [-0.15, -0.1) is 11.3 Å². The van der Waals surface area contributed by atoms with Gasteiger partial charge < -0.3 is 15.0 Å². The van der Waals surface area contributed by atoms with E-state index in [9.17, 15) is 0 Å². The van der Waals surface area contributed by atoms with E-state index in [0.29, 0.717) is 0 Å². The van der Waals surface area contributed by atoms with Crippen molar-refractivity contribution in [2.45, 2.75) is 6.42 Å². The van der Waals surface area contributed by atoms with E-state index in [0.717, 1.165) is 44.4 Å². The number of hydrogen-bond donors (Lipinski definition) is 1. The summed E-state index contributed by atoms with van der Waals surface area (Å²) in [7, 11) is 1.98. The minimum atomic E-state index is 0.825. The second-order valence-corrected chi connectivity index (χ2v) is 4.66. The molecule has 0 saturated carbocycles. The number of aromatic nitrogens is 1. The number of likely N-dealkylation sites (N-methyl/N-ethyl adjacent to an activating group) is 1. The van der Waals surface area contributed by atoms with E-state index in [1.807, 2.05) is 13.2 Å². The third-order valence-corrected chi connectivity index (χ3v) is 3.56. The Morgan fingerprint density at radius 2 is 2.33 bits per heavy atom. The first kappa shape index (κ1) is 10.9. The maximum absolute atomic E-state index is 5.32. The van der Waals surface area contributed by atoms with Crippen LogP contribution in [0.4, 0.5) is 5.13 Å². The summed E-state index contributed by atoms with van der Waals surface area (Å²) in [6, 6.07) is 0. The van der Waals surface area contributed by atoms with Crippen molar-refractivity contribution < 1.29 is 4.74 Å². The first-order valence-corrected chi connectivity index (χ1v) is 6.14. The number of thiazole rings is 1. The molecule has 2 heterocycles. The topological polar surface area (TPSA) is 37.4 Å². The lowest BCUT2D eigenvalue weighted by atomic mass is 10.4. The molecule has 0 spiro atoms. The zero-order valence-electron chi connectivity index (χ0n) is 9.03. The summed E-state index contributed by atoms with van der Waals surface area (Å²) < 4.78 is 5.32. The third kappa shape index (κ3) is 2.90. The van der Waals surface area contributed by atoms with Crippen LogP contribution in [0.1, 0.15) is 4.88 Å². The number of morpholine rings is 1. The average Bonchev–Trinajstić information content (AvgIpc) is 2.76. The minimum Gasteiger partial charge on any atom is -0.378 e. The Hall–Kier alpha value is -0.650. The Labute approximate surface area is 94.3 Å². The van der Waals surface area contributed by atoms with Gasteiger partial charge in [0.1, 0.15) is 0 Å². The van der Waals surface area contributed by atoms with Gasteiger partial charge in [-0.2, -0.15) is 0 Å². The van der Waals surface area contributed by atoms with Gasteiger partial charge in [0.15, 0.2) is 5.13 Å². The van der Waals surface area contributed by atoms with Crippen molar-refractivity contribution in [1.82, 2.24) is 10.3 Å².